The second kappa shape index (κ2) is 7.96. The van der Waals surface area contributed by atoms with Crippen LogP contribution in [-0.4, -0.2) is 27.9 Å². The molecule has 0 spiro atoms. The predicted octanol–water partition coefficient (Wildman–Crippen LogP) is 6.00. The van der Waals surface area contributed by atoms with Crippen LogP contribution >= 0.6 is 11.6 Å². The SMILES string of the molecule is CCOCCn1c(O)c(N=Nc2ccnc3cc(Cl)ccc23)c2ccccc21. The van der Waals surface area contributed by atoms with Gasteiger partial charge in [0.05, 0.1) is 23.3 Å². The van der Waals surface area contributed by atoms with E-state index in [0.29, 0.717) is 36.2 Å². The summed E-state index contributed by atoms with van der Waals surface area (Å²) in [6, 6.07) is 14.9. The molecule has 0 fully saturated rings. The Labute approximate surface area is 167 Å². The summed E-state index contributed by atoms with van der Waals surface area (Å²) < 4.78 is 7.23. The first-order valence-electron chi connectivity index (χ1n) is 9.03. The quantitative estimate of drug-likeness (QED) is 0.322. The van der Waals surface area contributed by atoms with E-state index in [1.165, 1.54) is 0 Å². The minimum absolute atomic E-state index is 0.0751. The lowest BCUT2D eigenvalue weighted by molar-refractivity contribution is 0.138. The molecule has 4 aromatic rings. The van der Waals surface area contributed by atoms with Gasteiger partial charge in [-0.3, -0.25) is 4.98 Å². The number of aromatic nitrogens is 2. The van der Waals surface area contributed by atoms with Gasteiger partial charge in [0.15, 0.2) is 5.69 Å². The molecule has 1 N–H and O–H groups in total. The van der Waals surface area contributed by atoms with E-state index in [2.05, 4.69) is 15.2 Å². The first-order chi connectivity index (χ1) is 13.7. The van der Waals surface area contributed by atoms with Crippen molar-refractivity contribution in [1.82, 2.24) is 9.55 Å². The van der Waals surface area contributed by atoms with Crippen molar-refractivity contribution in [2.45, 2.75) is 13.5 Å². The topological polar surface area (TPSA) is 72.0 Å². The van der Waals surface area contributed by atoms with Crippen LogP contribution in [0.4, 0.5) is 11.4 Å². The highest BCUT2D eigenvalue weighted by Gasteiger charge is 2.16. The average molecular weight is 395 g/mol. The van der Waals surface area contributed by atoms with Crippen molar-refractivity contribution < 1.29 is 9.84 Å². The second-order valence-electron chi connectivity index (χ2n) is 6.23. The van der Waals surface area contributed by atoms with Crippen molar-refractivity contribution in [3.8, 4) is 5.88 Å². The zero-order chi connectivity index (χ0) is 19.5. The normalized spacial score (nSPS) is 11.8. The fourth-order valence-electron chi connectivity index (χ4n) is 3.19. The van der Waals surface area contributed by atoms with Crippen LogP contribution in [0.25, 0.3) is 21.8 Å². The van der Waals surface area contributed by atoms with Crippen molar-refractivity contribution in [1.29, 1.82) is 0 Å². The molecule has 0 atom stereocenters. The van der Waals surface area contributed by atoms with Crippen LogP contribution in [0.15, 0.2) is 65.0 Å². The Kier molecular flexibility index (Phi) is 5.23. The fraction of sp³-hybridized carbons (Fsp3) is 0.190. The summed E-state index contributed by atoms with van der Waals surface area (Å²) in [5.74, 6) is 0.0751. The van der Waals surface area contributed by atoms with E-state index in [1.807, 2.05) is 37.3 Å². The molecule has 0 aliphatic rings. The van der Waals surface area contributed by atoms with Crippen LogP contribution in [-0.2, 0) is 11.3 Å². The monoisotopic (exact) mass is 394 g/mol. The van der Waals surface area contributed by atoms with Crippen LogP contribution in [0.5, 0.6) is 5.88 Å². The van der Waals surface area contributed by atoms with Gasteiger partial charge in [0.1, 0.15) is 0 Å². The predicted molar refractivity (Wildman–Crippen MR) is 111 cm³/mol. The maximum Gasteiger partial charge on any atom is 0.220 e. The Morgan fingerprint density at radius 2 is 1.96 bits per heavy atom. The number of rotatable bonds is 6. The molecule has 2 heterocycles. The highest BCUT2D eigenvalue weighted by Crippen LogP contribution is 2.40. The van der Waals surface area contributed by atoms with Gasteiger partial charge in [-0.2, -0.15) is 0 Å². The molecule has 2 aromatic carbocycles. The first-order valence-corrected chi connectivity index (χ1v) is 9.40. The number of azo groups is 1. The molecule has 142 valence electrons. The number of halogens is 1. The van der Waals surface area contributed by atoms with Gasteiger partial charge in [0, 0.05) is 35.1 Å². The van der Waals surface area contributed by atoms with Crippen molar-refractivity contribution in [3.05, 3.63) is 59.8 Å². The third kappa shape index (κ3) is 3.44. The van der Waals surface area contributed by atoms with Crippen LogP contribution in [0.3, 0.4) is 0 Å². The van der Waals surface area contributed by atoms with Crippen LogP contribution < -0.4 is 0 Å². The third-order valence-corrected chi connectivity index (χ3v) is 4.76. The Hall–Kier alpha value is -2.96. The smallest absolute Gasteiger partial charge is 0.220 e. The van der Waals surface area contributed by atoms with Gasteiger partial charge in [0.25, 0.3) is 0 Å². The number of nitrogens with zero attached hydrogens (tertiary/aromatic N) is 4. The zero-order valence-electron chi connectivity index (χ0n) is 15.3. The Balaban J connectivity index is 1.77. The largest absolute Gasteiger partial charge is 0.493 e. The van der Waals surface area contributed by atoms with E-state index in [1.54, 1.807) is 29.0 Å². The molecule has 0 aliphatic heterocycles. The summed E-state index contributed by atoms with van der Waals surface area (Å²) >= 11 is 6.04. The molecule has 6 nitrogen and oxygen atoms in total. The lowest BCUT2D eigenvalue weighted by atomic mass is 10.2. The van der Waals surface area contributed by atoms with Gasteiger partial charge in [-0.05, 0) is 37.3 Å². The molecule has 0 amide bonds. The molecule has 0 radical (unpaired) electrons. The molecule has 2 aromatic heterocycles. The van der Waals surface area contributed by atoms with Crippen molar-refractivity contribution in [2.24, 2.45) is 10.2 Å². The summed E-state index contributed by atoms with van der Waals surface area (Å²) in [6.45, 7) is 3.62. The number of pyridine rings is 1. The molecule has 28 heavy (non-hydrogen) atoms. The van der Waals surface area contributed by atoms with Gasteiger partial charge in [-0.1, -0.05) is 29.8 Å². The highest BCUT2D eigenvalue weighted by molar-refractivity contribution is 6.31. The average Bonchev–Trinajstić information content (AvgIpc) is 2.97. The van der Waals surface area contributed by atoms with E-state index in [0.717, 1.165) is 21.8 Å². The Morgan fingerprint density at radius 3 is 2.82 bits per heavy atom. The second-order valence-corrected chi connectivity index (χ2v) is 6.67. The van der Waals surface area contributed by atoms with E-state index in [4.69, 9.17) is 16.3 Å². The molecule has 7 heteroatoms. The summed E-state index contributed by atoms with van der Waals surface area (Å²) in [4.78, 5) is 4.32. The number of hydrogen-bond acceptors (Lipinski definition) is 5. The molecule has 0 aliphatic carbocycles. The molecular weight excluding hydrogens is 376 g/mol. The van der Waals surface area contributed by atoms with Gasteiger partial charge < -0.3 is 14.4 Å². The molecular formula is C21H19ClN4O2. The van der Waals surface area contributed by atoms with Gasteiger partial charge in [0.2, 0.25) is 5.88 Å². The minimum atomic E-state index is 0.0751. The third-order valence-electron chi connectivity index (χ3n) is 4.52. The molecule has 0 saturated carbocycles. The highest BCUT2D eigenvalue weighted by atomic mass is 35.5. The summed E-state index contributed by atoms with van der Waals surface area (Å²) in [5, 5.41) is 21.8. The Bertz CT molecular complexity index is 1170. The molecule has 0 unspecified atom stereocenters. The lowest BCUT2D eigenvalue weighted by Crippen LogP contribution is -2.05. The zero-order valence-corrected chi connectivity index (χ0v) is 16.1. The van der Waals surface area contributed by atoms with Crippen molar-refractivity contribution in [3.63, 3.8) is 0 Å². The number of para-hydroxylation sites is 1. The summed E-state index contributed by atoms with van der Waals surface area (Å²) in [7, 11) is 0. The number of benzene rings is 2. The number of hydrogen-bond donors (Lipinski definition) is 1. The maximum atomic E-state index is 10.8. The first kappa shape index (κ1) is 18.4. The van der Waals surface area contributed by atoms with E-state index >= 15 is 0 Å². The van der Waals surface area contributed by atoms with Gasteiger partial charge >= 0.3 is 0 Å². The fourth-order valence-corrected chi connectivity index (χ4v) is 3.36. The molecule has 0 saturated heterocycles. The summed E-state index contributed by atoms with van der Waals surface area (Å²) in [5.41, 5.74) is 2.73. The van der Waals surface area contributed by atoms with E-state index in [-0.39, 0.29) is 5.88 Å². The van der Waals surface area contributed by atoms with Gasteiger partial charge in [-0.25, -0.2) is 0 Å². The van der Waals surface area contributed by atoms with Crippen molar-refractivity contribution in [2.75, 3.05) is 13.2 Å². The van der Waals surface area contributed by atoms with E-state index in [9.17, 15) is 5.11 Å². The van der Waals surface area contributed by atoms with Crippen LogP contribution in [0, 0.1) is 0 Å². The van der Waals surface area contributed by atoms with E-state index < -0.39 is 0 Å². The van der Waals surface area contributed by atoms with Crippen LogP contribution in [0.2, 0.25) is 5.02 Å². The van der Waals surface area contributed by atoms with Crippen LogP contribution in [0.1, 0.15) is 6.92 Å². The van der Waals surface area contributed by atoms with Gasteiger partial charge in [-0.15, -0.1) is 10.2 Å². The number of aromatic hydroxyl groups is 1. The standard InChI is InChI=1S/C21H19ClN4O2/c1-2-28-12-11-26-19-6-4-3-5-16(19)20(21(26)27)25-24-17-9-10-23-18-13-14(22)7-8-15(17)18/h3-10,13,27H,2,11-12H2,1H3. The summed E-state index contributed by atoms with van der Waals surface area (Å²) in [6.07, 6.45) is 1.66. The Morgan fingerprint density at radius 1 is 1.11 bits per heavy atom. The minimum Gasteiger partial charge on any atom is -0.493 e. The molecule has 0 bridgehead atoms. The number of ether oxygens (including phenoxy) is 1. The maximum absolute atomic E-state index is 10.8. The molecule has 4 rings (SSSR count). The number of fused-ring (bicyclic) bond motifs is 2. The lowest BCUT2D eigenvalue weighted by Gasteiger charge is -2.06. The van der Waals surface area contributed by atoms with Crippen molar-refractivity contribution >= 4 is 44.8 Å².